The Bertz CT molecular complexity index is 4860. The first-order valence-corrected chi connectivity index (χ1v) is 24.7. The number of aromatic nitrogens is 5. The summed E-state index contributed by atoms with van der Waals surface area (Å²) in [7, 11) is 0. The average Bonchev–Trinajstić information content (AvgIpc) is 4.04. The van der Waals surface area contributed by atoms with Crippen molar-refractivity contribution in [1.82, 2.24) is 23.3 Å². The van der Waals surface area contributed by atoms with Gasteiger partial charge in [-0.15, -0.1) is 0 Å². The summed E-state index contributed by atoms with van der Waals surface area (Å²) in [5.74, 6) is 1.60. The topological polar surface area (TPSA) is 46.2 Å². The van der Waals surface area contributed by atoms with Gasteiger partial charge in [-0.25, -0.2) is 0 Å². The van der Waals surface area contributed by atoms with Gasteiger partial charge in [0.2, 0.25) is 0 Å². The monoisotopic (exact) mass is 1130 g/mol. The van der Waals surface area contributed by atoms with Crippen LogP contribution < -0.4 is 4.74 Å². The number of pyridine rings is 1. The zero-order valence-corrected chi connectivity index (χ0v) is 41.8. The molecule has 0 radical (unpaired) electrons. The molecule has 13 rings (SSSR count). The molecule has 0 N–H and O–H groups in total. The van der Waals surface area contributed by atoms with E-state index in [-0.39, 0.29) is 39.0 Å². The summed E-state index contributed by atoms with van der Waals surface area (Å²) in [6.07, 6.45) is 1.83. The molecule has 7 nitrogen and oxygen atoms in total. The Morgan fingerprint density at radius 3 is 1.60 bits per heavy atom. The Kier molecular flexibility index (Phi) is 8.26. The fourth-order valence-electron chi connectivity index (χ4n) is 10.1. The van der Waals surface area contributed by atoms with E-state index in [1.807, 2.05) is 135 Å². The second kappa shape index (κ2) is 17.5. The number of hydrogen-bond acceptors (Lipinski definition) is 2. The zero-order chi connectivity index (χ0) is 58.1. The van der Waals surface area contributed by atoms with Gasteiger partial charge in [0.05, 0.1) is 0 Å². The number of nitrogens with zero attached hydrogens (tertiary/aromatic N) is 6. The molecule has 0 spiro atoms. The Morgan fingerprint density at radius 1 is 0.507 bits per heavy atom. The molecule has 0 fully saturated rings. The first-order valence-electron chi connectivity index (χ1n) is 28.6. The molecule has 4 aromatic heterocycles. The number of hydrogen-bond donors (Lipinski definition) is 0. The summed E-state index contributed by atoms with van der Waals surface area (Å²) >= 11 is 2.15. The number of fused-ring (bicyclic) bond motifs is 7. The molecular weight excluding hydrogens is 1080 g/mol. The molecule has 0 unspecified atom stereocenters. The van der Waals surface area contributed by atoms with Gasteiger partial charge in [-0.2, -0.15) is 0 Å². The summed E-state index contributed by atoms with van der Waals surface area (Å²) in [6, 6.07) is 44.3. The zero-order valence-electron chi connectivity index (χ0n) is 49.5. The van der Waals surface area contributed by atoms with Crippen molar-refractivity contribution in [3.63, 3.8) is 0 Å². The van der Waals surface area contributed by atoms with Crippen LogP contribution in [0.1, 0.15) is 40.0 Å². The van der Waals surface area contributed by atoms with Crippen molar-refractivity contribution in [3.8, 4) is 56.6 Å². The van der Waals surface area contributed by atoms with E-state index < -0.39 is 60.4 Å². The van der Waals surface area contributed by atoms with E-state index in [1.54, 1.807) is 24.3 Å². The van der Waals surface area contributed by atoms with Crippen LogP contribution in [0.25, 0.3) is 105 Å². The normalized spacial score (nSPS) is 13.8. The van der Waals surface area contributed by atoms with Crippen molar-refractivity contribution in [2.24, 2.45) is 0 Å². The number of benzene rings is 9. The van der Waals surface area contributed by atoms with Crippen molar-refractivity contribution >= 4 is 60.3 Å². The molecule has 4 heterocycles. The Balaban J connectivity index is 1.09. The van der Waals surface area contributed by atoms with Crippen LogP contribution in [0.15, 0.2) is 224 Å². The maximum absolute atomic E-state index is 9.57. The molecule has 8 heteroatoms. The minimum atomic E-state index is -0.600. The first-order chi connectivity index (χ1) is 39.9. The average molecular weight is 1130 g/mol. The van der Waals surface area contributed by atoms with E-state index in [1.165, 1.54) is 0 Å². The van der Waals surface area contributed by atoms with Crippen molar-refractivity contribution in [2.75, 3.05) is 0 Å². The molecule has 13 aromatic rings. The molecule has 0 saturated heterocycles. The SMILES string of the molecule is [2H]c1c([2H])c([2H])c(-c2cc(-n3c4ccccc4c4ccccc43)cc(-c3c([2H])c([2H])c([2H])c([2H])c3[2H])c2-n2[c](=[Pt])n(-c3cc([N+]#[C-])cc(Oc4ccc5c6ccccc6n(-c6cc(C(C)(C)C)ccn6)c5c4)c3)c3ccccc32)c([2H])c1[2H]. The fraction of sp³-hybridized carbons (Fsp3) is 0.0615. The van der Waals surface area contributed by atoms with E-state index >= 15 is 0 Å². The Labute approximate surface area is 447 Å². The third kappa shape index (κ3) is 7.45. The predicted molar refractivity (Wildman–Crippen MR) is 295 cm³/mol. The molecule has 352 valence electrons. The Hall–Kier alpha value is -8.82. The number of ether oxygens (including phenoxy) is 1. The van der Waals surface area contributed by atoms with Crippen molar-refractivity contribution < 1.29 is 37.8 Å². The van der Waals surface area contributed by atoms with Crippen molar-refractivity contribution in [1.29, 1.82) is 0 Å². The van der Waals surface area contributed by atoms with Gasteiger partial charge in [0.25, 0.3) is 0 Å². The third-order valence-electron chi connectivity index (χ3n) is 13.4. The van der Waals surface area contributed by atoms with Crippen LogP contribution in [0.2, 0.25) is 0 Å². The van der Waals surface area contributed by atoms with Crippen LogP contribution in [0.3, 0.4) is 0 Å². The molecule has 0 atom stereocenters. The molecular formula is C65H46N6OPt. The van der Waals surface area contributed by atoms with E-state index in [4.69, 9.17) is 24.5 Å². The van der Waals surface area contributed by atoms with E-state index in [0.717, 1.165) is 55.0 Å². The molecule has 0 aliphatic rings. The van der Waals surface area contributed by atoms with Gasteiger partial charge >= 0.3 is 393 Å². The van der Waals surface area contributed by atoms with Gasteiger partial charge in [-0.05, 0) is 17.0 Å². The van der Waals surface area contributed by atoms with Gasteiger partial charge in [0.1, 0.15) is 0 Å². The second-order valence-corrected chi connectivity index (χ2v) is 19.8. The fourth-order valence-corrected chi connectivity index (χ4v) is 11.2. The van der Waals surface area contributed by atoms with Crippen molar-refractivity contribution in [3.05, 3.63) is 245 Å². The maximum atomic E-state index is 9.57. The molecule has 0 amide bonds. The summed E-state index contributed by atoms with van der Waals surface area (Å²) in [4.78, 5) is 8.77. The van der Waals surface area contributed by atoms with Crippen LogP contribution in [-0.4, -0.2) is 23.3 Å². The summed E-state index contributed by atoms with van der Waals surface area (Å²) in [5.41, 5.74) is 6.72. The summed E-state index contributed by atoms with van der Waals surface area (Å²) in [5, 5.41) is 3.85. The van der Waals surface area contributed by atoms with Crippen LogP contribution in [0.5, 0.6) is 11.5 Å². The third-order valence-corrected chi connectivity index (χ3v) is 14.4. The molecule has 0 bridgehead atoms. The molecule has 0 saturated carbocycles. The summed E-state index contributed by atoms with van der Waals surface area (Å²) < 4.78 is 107. The molecule has 9 aromatic carbocycles. The van der Waals surface area contributed by atoms with Crippen LogP contribution >= 0.6 is 0 Å². The van der Waals surface area contributed by atoms with Gasteiger partial charge in [0.15, 0.2) is 0 Å². The van der Waals surface area contributed by atoms with Crippen LogP contribution in [-0.2, 0) is 24.8 Å². The summed E-state index contributed by atoms with van der Waals surface area (Å²) in [6.45, 7) is 14.9. The first kappa shape index (κ1) is 34.5. The Morgan fingerprint density at radius 2 is 1.03 bits per heavy atom. The predicted octanol–water partition coefficient (Wildman–Crippen LogP) is 17.1. The van der Waals surface area contributed by atoms with Gasteiger partial charge < -0.3 is 0 Å². The molecule has 73 heavy (non-hydrogen) atoms. The van der Waals surface area contributed by atoms with Gasteiger partial charge in [0, 0.05) is 6.20 Å². The molecule has 0 aliphatic carbocycles. The quantitative estimate of drug-likeness (QED) is 0.142. The van der Waals surface area contributed by atoms with E-state index in [2.05, 4.69) is 67.7 Å². The van der Waals surface area contributed by atoms with E-state index in [9.17, 15) is 5.48 Å². The van der Waals surface area contributed by atoms with Crippen LogP contribution in [0, 0.1) is 10.4 Å². The standard InChI is InChI=1S/C65H46N6O.Pt/c1-65(2,3)45-33-34-67-63(35-45)71-59-28-16-13-25-53(59)54-32-31-49(41-62(54)71)72-50-37-46(66-4)36-47(38-50)68-42-69(61-30-18-17-29-60(61)68)64-55(43-19-7-5-8-20-43)39-48(40-56(64)44-21-9-6-10-22-44)70-57-26-14-11-23-51(57)52-24-12-15-27-58(52)70;/h5-41H,1-3H3;/i5D,6D,7D,8D,9D,10D,19D,20D,21D,22D;. The van der Waals surface area contributed by atoms with Gasteiger partial charge in [-0.1, -0.05) is 32.9 Å². The number of imidazole rings is 1. The number of para-hydroxylation sites is 5. The number of rotatable bonds is 8. The minimum absolute atomic E-state index is 0.112. The second-order valence-electron chi connectivity index (χ2n) is 18.7. The molecule has 0 aliphatic heterocycles. The van der Waals surface area contributed by atoms with Gasteiger partial charge in [-0.3, -0.25) is 0 Å². The van der Waals surface area contributed by atoms with Crippen molar-refractivity contribution in [2.45, 2.75) is 26.2 Å². The van der Waals surface area contributed by atoms with Crippen LogP contribution in [0.4, 0.5) is 5.69 Å². The van der Waals surface area contributed by atoms with E-state index in [0.29, 0.717) is 37.7 Å².